The number of para-hydroxylation sites is 1. The van der Waals surface area contributed by atoms with Crippen molar-refractivity contribution in [3.05, 3.63) is 35.0 Å². The average Bonchev–Trinajstić information content (AvgIpc) is 2.55. The lowest BCUT2D eigenvalue weighted by atomic mass is 10.1. The van der Waals surface area contributed by atoms with E-state index in [2.05, 4.69) is 4.74 Å². The number of carboxylic acids is 3. The molecule has 6 N–H and O–H groups in total. The number of quaternary nitrogens is 1. The van der Waals surface area contributed by atoms with Crippen molar-refractivity contribution < 1.29 is 49.7 Å². The predicted octanol–water partition coefficient (Wildman–Crippen LogP) is -0.740. The van der Waals surface area contributed by atoms with Crippen LogP contribution in [0.25, 0.3) is 0 Å². The summed E-state index contributed by atoms with van der Waals surface area (Å²) in [5.41, 5.74) is -0.728. The third-order valence-corrected chi connectivity index (χ3v) is 3.16. The molecule has 0 aliphatic heterocycles. The Kier molecular flexibility index (Phi) is 7.46. The van der Waals surface area contributed by atoms with Crippen LogP contribution in [0.4, 0.5) is 10.5 Å². The maximum absolute atomic E-state index is 11.8. The number of amides is 1. The molecule has 0 fully saturated rings. The summed E-state index contributed by atoms with van der Waals surface area (Å²) in [6.45, 7) is 0. The molecule has 26 heavy (non-hydrogen) atoms. The van der Waals surface area contributed by atoms with Crippen LogP contribution in [0.2, 0.25) is 0 Å². The minimum Gasteiger partial charge on any atom is -0.595 e. The summed E-state index contributed by atoms with van der Waals surface area (Å²) in [5.74, 6) is -4.50. The molecule has 0 saturated carbocycles. The van der Waals surface area contributed by atoms with Crippen LogP contribution in [-0.2, 0) is 19.1 Å². The first-order valence-corrected chi connectivity index (χ1v) is 7.10. The van der Waals surface area contributed by atoms with E-state index < -0.39 is 59.9 Å². The topological polar surface area (TPSA) is 198 Å². The second-order valence-electron chi connectivity index (χ2n) is 4.98. The lowest BCUT2D eigenvalue weighted by Crippen LogP contribution is -2.99. The number of carbonyl (C=O) groups excluding carboxylic acids is 1. The Morgan fingerprint density at radius 2 is 1.73 bits per heavy atom. The van der Waals surface area contributed by atoms with Crippen LogP contribution in [-0.4, -0.2) is 50.6 Å². The molecule has 0 bridgehead atoms. The Hall–Kier alpha value is -3.22. The van der Waals surface area contributed by atoms with Gasteiger partial charge in [-0.05, 0) is 12.5 Å². The molecule has 1 aromatic rings. The first-order valence-electron chi connectivity index (χ1n) is 7.10. The van der Waals surface area contributed by atoms with Crippen LogP contribution in [0.15, 0.2) is 24.3 Å². The molecule has 2 unspecified atom stereocenters. The molecule has 0 aromatic heterocycles. The molecule has 0 spiro atoms. The Labute approximate surface area is 145 Å². The van der Waals surface area contributed by atoms with Gasteiger partial charge in [-0.25, -0.2) is 19.6 Å². The maximum Gasteiger partial charge on any atom is 0.409 e. The molecule has 0 aliphatic rings. The SMILES string of the molecule is O=C(O)CC[C@H](NC(=O)OC(C(=O)O)c1ccccc1[NH+]([O-])O)C(=O)O. The van der Waals surface area contributed by atoms with Gasteiger partial charge >= 0.3 is 24.0 Å². The lowest BCUT2D eigenvalue weighted by Gasteiger charge is -2.21. The Bertz CT molecular complexity index is 690. The van der Waals surface area contributed by atoms with Gasteiger partial charge in [-0.3, -0.25) is 4.79 Å². The zero-order valence-corrected chi connectivity index (χ0v) is 13.1. The smallest absolute Gasteiger partial charge is 0.409 e. The van der Waals surface area contributed by atoms with Gasteiger partial charge in [0, 0.05) is 12.5 Å². The van der Waals surface area contributed by atoms with Gasteiger partial charge < -0.3 is 30.6 Å². The highest BCUT2D eigenvalue weighted by atomic mass is 16.8. The molecular weight excluding hydrogens is 356 g/mol. The van der Waals surface area contributed by atoms with Crippen molar-refractivity contribution in [2.75, 3.05) is 0 Å². The van der Waals surface area contributed by atoms with Gasteiger partial charge in [0.2, 0.25) is 6.10 Å². The number of alkyl carbamates (subject to hydrolysis) is 1. The van der Waals surface area contributed by atoms with Gasteiger partial charge in [0.1, 0.15) is 6.04 Å². The van der Waals surface area contributed by atoms with E-state index in [4.69, 9.17) is 15.4 Å². The van der Waals surface area contributed by atoms with Crippen LogP contribution in [0.5, 0.6) is 0 Å². The van der Waals surface area contributed by atoms with Crippen molar-refractivity contribution in [3.63, 3.8) is 0 Å². The van der Waals surface area contributed by atoms with Gasteiger partial charge in [0.25, 0.3) is 0 Å². The molecule has 0 saturated heterocycles. The summed E-state index contributed by atoms with van der Waals surface area (Å²) in [4.78, 5) is 44.7. The van der Waals surface area contributed by atoms with E-state index in [1.54, 1.807) is 0 Å². The molecule has 1 amide bonds. The summed E-state index contributed by atoms with van der Waals surface area (Å²) in [6, 6.07) is 3.31. The van der Waals surface area contributed by atoms with Gasteiger partial charge in [0.15, 0.2) is 5.69 Å². The van der Waals surface area contributed by atoms with E-state index in [-0.39, 0.29) is 5.56 Å². The van der Waals surface area contributed by atoms with Crippen LogP contribution < -0.4 is 10.5 Å². The molecule has 12 heteroatoms. The summed E-state index contributed by atoms with van der Waals surface area (Å²) in [6.07, 6.45) is -4.46. The molecule has 1 rings (SSSR count). The van der Waals surface area contributed by atoms with Crippen LogP contribution in [0, 0.1) is 5.21 Å². The molecule has 3 atom stereocenters. The number of nitrogens with one attached hydrogen (secondary N) is 2. The maximum atomic E-state index is 11.8. The zero-order valence-electron chi connectivity index (χ0n) is 13.1. The fraction of sp³-hybridized carbons (Fsp3) is 0.286. The predicted molar refractivity (Wildman–Crippen MR) is 80.5 cm³/mol. The van der Waals surface area contributed by atoms with E-state index in [0.29, 0.717) is 0 Å². The van der Waals surface area contributed by atoms with Gasteiger partial charge in [0.05, 0.1) is 5.56 Å². The highest BCUT2D eigenvalue weighted by molar-refractivity contribution is 5.83. The number of hydrogen-bond acceptors (Lipinski definition) is 7. The molecule has 142 valence electrons. The molecule has 0 aliphatic carbocycles. The minimum atomic E-state index is -2.00. The quantitative estimate of drug-likeness (QED) is 0.300. The lowest BCUT2D eigenvalue weighted by molar-refractivity contribution is -0.991. The average molecular weight is 372 g/mol. The molecule has 0 heterocycles. The van der Waals surface area contributed by atoms with Gasteiger partial charge in [-0.2, -0.15) is 5.23 Å². The molecule has 12 nitrogen and oxygen atoms in total. The third kappa shape index (κ3) is 6.01. The molecular formula is C14H16N2O10. The summed E-state index contributed by atoms with van der Waals surface area (Å²) >= 11 is 0. The van der Waals surface area contributed by atoms with E-state index in [1.165, 1.54) is 12.1 Å². The Morgan fingerprint density at radius 3 is 2.23 bits per heavy atom. The number of ether oxygens (including phenoxy) is 1. The van der Waals surface area contributed by atoms with Gasteiger partial charge in [-0.1, -0.05) is 12.1 Å². The Balaban J connectivity index is 2.94. The first-order chi connectivity index (χ1) is 12.1. The summed E-state index contributed by atoms with van der Waals surface area (Å²) in [7, 11) is 0. The van der Waals surface area contributed by atoms with Crippen molar-refractivity contribution in [2.24, 2.45) is 0 Å². The van der Waals surface area contributed by atoms with Crippen molar-refractivity contribution in [2.45, 2.75) is 25.0 Å². The van der Waals surface area contributed by atoms with Crippen molar-refractivity contribution in [1.29, 1.82) is 0 Å². The number of carboxylic acid groups (broad SMARTS) is 3. The first kappa shape index (κ1) is 20.8. The summed E-state index contributed by atoms with van der Waals surface area (Å²) in [5, 5.41) is 47.4. The molecule has 0 radical (unpaired) electrons. The fourth-order valence-electron chi connectivity index (χ4n) is 1.98. The number of rotatable bonds is 9. The normalized spacial score (nSPS) is 13.9. The van der Waals surface area contributed by atoms with Gasteiger partial charge in [-0.15, -0.1) is 0 Å². The fourth-order valence-corrected chi connectivity index (χ4v) is 1.98. The Morgan fingerprint density at radius 1 is 1.12 bits per heavy atom. The number of carbonyl (C=O) groups is 4. The standard InChI is InChI=1S/C14H16N2O10/c17-10(18)6-5-8(12(19)20)15-14(23)26-11(13(21)22)7-3-1-2-4-9(7)16(24)25/h1-4,8,11,16,24H,5-6H2,(H,15,23)(H,17,18)(H,19,20)(H,21,22)/t8-,11?/m0/s1. The van der Waals surface area contributed by atoms with E-state index in [1.807, 2.05) is 5.32 Å². The monoisotopic (exact) mass is 372 g/mol. The largest absolute Gasteiger partial charge is 0.595 e. The van der Waals surface area contributed by atoms with Crippen LogP contribution in [0.1, 0.15) is 24.5 Å². The number of aliphatic carboxylic acids is 3. The third-order valence-electron chi connectivity index (χ3n) is 3.16. The molecule has 1 aromatic carbocycles. The van der Waals surface area contributed by atoms with E-state index >= 15 is 0 Å². The van der Waals surface area contributed by atoms with Crippen LogP contribution >= 0.6 is 0 Å². The minimum absolute atomic E-state index is 0.319. The highest BCUT2D eigenvalue weighted by Crippen LogP contribution is 2.23. The van der Waals surface area contributed by atoms with Crippen molar-refractivity contribution in [1.82, 2.24) is 5.32 Å². The second kappa shape index (κ2) is 9.31. The van der Waals surface area contributed by atoms with Crippen molar-refractivity contribution in [3.8, 4) is 0 Å². The zero-order chi connectivity index (χ0) is 19.9. The van der Waals surface area contributed by atoms with Crippen molar-refractivity contribution >= 4 is 29.7 Å². The van der Waals surface area contributed by atoms with E-state index in [0.717, 1.165) is 12.1 Å². The number of benzene rings is 1. The van der Waals surface area contributed by atoms with E-state index in [9.17, 15) is 29.5 Å². The highest BCUT2D eigenvalue weighted by Gasteiger charge is 2.31. The number of hydrogen-bond donors (Lipinski definition) is 6. The second-order valence-corrected chi connectivity index (χ2v) is 4.98. The summed E-state index contributed by atoms with van der Waals surface area (Å²) < 4.78 is 4.65. The van der Waals surface area contributed by atoms with Crippen LogP contribution in [0.3, 0.4) is 0 Å².